The average Bonchev–Trinajstić information content (AvgIpc) is 2.63. The number of para-hydroxylation sites is 1. The van der Waals surface area contributed by atoms with Gasteiger partial charge in [-0.15, -0.1) is 0 Å². The predicted molar refractivity (Wildman–Crippen MR) is 97.6 cm³/mol. The van der Waals surface area contributed by atoms with Crippen molar-refractivity contribution in [3.05, 3.63) is 58.1 Å². The standard InChI is InChI=1S/C19H22ClNO4/c1-23-17-6-4-5-14(19(17)25-3)16(11-21)15-10-13(20)8-7-12(15)9-18(22)24-2/h4-8,10,16H,9,11,21H2,1-3H3. The molecule has 0 aliphatic rings. The Bertz CT molecular complexity index is 748. The Labute approximate surface area is 152 Å². The molecule has 1 atom stereocenters. The summed E-state index contributed by atoms with van der Waals surface area (Å²) in [4.78, 5) is 11.8. The number of methoxy groups -OCH3 is 3. The molecule has 0 fully saturated rings. The summed E-state index contributed by atoms with van der Waals surface area (Å²) in [5.41, 5.74) is 8.64. The van der Waals surface area contributed by atoms with E-state index in [4.69, 9.17) is 31.5 Å². The third kappa shape index (κ3) is 4.24. The van der Waals surface area contributed by atoms with E-state index in [1.165, 1.54) is 7.11 Å². The molecule has 0 aliphatic heterocycles. The first-order valence-corrected chi connectivity index (χ1v) is 8.19. The lowest BCUT2D eigenvalue weighted by Gasteiger charge is -2.23. The molecule has 6 heteroatoms. The van der Waals surface area contributed by atoms with E-state index in [0.717, 1.165) is 16.7 Å². The van der Waals surface area contributed by atoms with Crippen LogP contribution in [0.25, 0.3) is 0 Å². The van der Waals surface area contributed by atoms with Gasteiger partial charge in [0.2, 0.25) is 0 Å². The first-order chi connectivity index (χ1) is 12.0. The molecular weight excluding hydrogens is 342 g/mol. The van der Waals surface area contributed by atoms with Crippen LogP contribution in [-0.4, -0.2) is 33.8 Å². The van der Waals surface area contributed by atoms with Crippen molar-refractivity contribution in [2.75, 3.05) is 27.9 Å². The third-order valence-corrected chi connectivity index (χ3v) is 4.33. The van der Waals surface area contributed by atoms with Crippen LogP contribution in [0.1, 0.15) is 22.6 Å². The largest absolute Gasteiger partial charge is 0.493 e. The molecule has 0 aliphatic carbocycles. The average molecular weight is 364 g/mol. The number of carbonyl (C=O) groups excluding carboxylic acids is 1. The van der Waals surface area contributed by atoms with Crippen molar-refractivity contribution in [3.8, 4) is 11.5 Å². The monoisotopic (exact) mass is 363 g/mol. The second kappa shape index (κ2) is 8.74. The van der Waals surface area contributed by atoms with Gasteiger partial charge in [0.1, 0.15) is 0 Å². The second-order valence-electron chi connectivity index (χ2n) is 5.47. The highest BCUT2D eigenvalue weighted by Crippen LogP contribution is 2.39. The number of nitrogens with two attached hydrogens (primary N) is 1. The van der Waals surface area contributed by atoms with Crippen LogP contribution in [0.4, 0.5) is 0 Å². The highest BCUT2D eigenvalue weighted by atomic mass is 35.5. The minimum atomic E-state index is -0.322. The SMILES string of the molecule is COC(=O)Cc1ccc(Cl)cc1C(CN)c1cccc(OC)c1OC. The number of rotatable bonds is 7. The molecule has 0 saturated carbocycles. The van der Waals surface area contributed by atoms with Gasteiger partial charge < -0.3 is 19.9 Å². The first kappa shape index (κ1) is 19.1. The summed E-state index contributed by atoms with van der Waals surface area (Å²) in [6.07, 6.45) is 0.145. The van der Waals surface area contributed by atoms with E-state index in [1.54, 1.807) is 20.3 Å². The molecule has 0 saturated heterocycles. The molecule has 5 nitrogen and oxygen atoms in total. The van der Waals surface area contributed by atoms with E-state index >= 15 is 0 Å². The van der Waals surface area contributed by atoms with Gasteiger partial charge in [0.15, 0.2) is 11.5 Å². The topological polar surface area (TPSA) is 70.8 Å². The van der Waals surface area contributed by atoms with E-state index < -0.39 is 0 Å². The first-order valence-electron chi connectivity index (χ1n) is 7.81. The lowest BCUT2D eigenvalue weighted by Crippen LogP contribution is -2.18. The molecule has 2 rings (SSSR count). The van der Waals surface area contributed by atoms with Crippen molar-refractivity contribution in [3.63, 3.8) is 0 Å². The minimum absolute atomic E-state index is 0.145. The zero-order chi connectivity index (χ0) is 18.4. The van der Waals surface area contributed by atoms with Crippen LogP contribution in [-0.2, 0) is 16.0 Å². The summed E-state index contributed by atoms with van der Waals surface area (Å²) >= 11 is 6.20. The molecule has 25 heavy (non-hydrogen) atoms. The number of esters is 1. The molecule has 2 N–H and O–H groups in total. The molecule has 0 amide bonds. The van der Waals surface area contributed by atoms with Gasteiger partial charge in [-0.1, -0.05) is 29.8 Å². The molecule has 2 aromatic carbocycles. The fourth-order valence-corrected chi connectivity index (χ4v) is 3.07. The lowest BCUT2D eigenvalue weighted by molar-refractivity contribution is -0.139. The fourth-order valence-electron chi connectivity index (χ4n) is 2.89. The molecule has 0 bridgehead atoms. The van der Waals surface area contributed by atoms with Crippen molar-refractivity contribution in [2.45, 2.75) is 12.3 Å². The molecule has 0 spiro atoms. The second-order valence-corrected chi connectivity index (χ2v) is 5.90. The summed E-state index contributed by atoms with van der Waals surface area (Å²) in [6.45, 7) is 0.318. The van der Waals surface area contributed by atoms with Gasteiger partial charge in [-0.3, -0.25) is 4.79 Å². The van der Waals surface area contributed by atoms with Gasteiger partial charge in [-0.2, -0.15) is 0 Å². The van der Waals surface area contributed by atoms with Gasteiger partial charge in [-0.05, 0) is 29.3 Å². The Kier molecular flexibility index (Phi) is 6.67. The molecule has 1 unspecified atom stereocenters. The number of carbonyl (C=O) groups is 1. The number of benzene rings is 2. The van der Waals surface area contributed by atoms with E-state index in [2.05, 4.69) is 0 Å². The van der Waals surface area contributed by atoms with E-state index in [0.29, 0.717) is 23.1 Å². The lowest BCUT2D eigenvalue weighted by atomic mass is 9.86. The van der Waals surface area contributed by atoms with Crippen LogP contribution in [0, 0.1) is 0 Å². The Morgan fingerprint density at radius 3 is 2.48 bits per heavy atom. The maximum absolute atomic E-state index is 11.8. The Morgan fingerprint density at radius 2 is 1.88 bits per heavy atom. The summed E-state index contributed by atoms with van der Waals surface area (Å²) in [6, 6.07) is 11.0. The summed E-state index contributed by atoms with van der Waals surface area (Å²) in [5.74, 6) is 0.708. The molecule has 134 valence electrons. The Balaban J connectivity index is 2.58. The Hall–Kier alpha value is -2.24. The van der Waals surface area contributed by atoms with Crippen molar-refractivity contribution in [2.24, 2.45) is 5.73 Å². The van der Waals surface area contributed by atoms with Crippen molar-refractivity contribution in [1.29, 1.82) is 0 Å². The molecule has 2 aromatic rings. The number of hydrogen-bond donors (Lipinski definition) is 1. The van der Waals surface area contributed by atoms with E-state index in [1.807, 2.05) is 30.3 Å². The molecular formula is C19H22ClNO4. The van der Waals surface area contributed by atoms with Crippen LogP contribution in [0.15, 0.2) is 36.4 Å². The predicted octanol–water partition coefficient (Wildman–Crippen LogP) is 3.16. The van der Waals surface area contributed by atoms with Gasteiger partial charge in [-0.25, -0.2) is 0 Å². The van der Waals surface area contributed by atoms with E-state index in [-0.39, 0.29) is 18.3 Å². The van der Waals surface area contributed by atoms with Gasteiger partial charge in [0.25, 0.3) is 0 Å². The Morgan fingerprint density at radius 1 is 1.12 bits per heavy atom. The van der Waals surface area contributed by atoms with Gasteiger partial charge >= 0.3 is 5.97 Å². The van der Waals surface area contributed by atoms with E-state index in [9.17, 15) is 4.79 Å². The summed E-state index contributed by atoms with van der Waals surface area (Å²) in [5, 5.41) is 0.573. The quantitative estimate of drug-likeness (QED) is 0.765. The maximum atomic E-state index is 11.8. The fraction of sp³-hybridized carbons (Fsp3) is 0.316. The van der Waals surface area contributed by atoms with Crippen molar-refractivity contribution >= 4 is 17.6 Å². The van der Waals surface area contributed by atoms with Gasteiger partial charge in [0, 0.05) is 23.0 Å². The van der Waals surface area contributed by atoms with Crippen LogP contribution in [0.3, 0.4) is 0 Å². The molecule has 0 aromatic heterocycles. The number of halogens is 1. The number of ether oxygens (including phenoxy) is 3. The van der Waals surface area contributed by atoms with Gasteiger partial charge in [0.05, 0.1) is 27.8 Å². The highest BCUT2D eigenvalue weighted by Gasteiger charge is 2.23. The molecule has 0 radical (unpaired) electrons. The van der Waals surface area contributed by atoms with Crippen molar-refractivity contribution < 1.29 is 19.0 Å². The van der Waals surface area contributed by atoms with Crippen LogP contribution in [0.5, 0.6) is 11.5 Å². The normalized spacial score (nSPS) is 11.7. The highest BCUT2D eigenvalue weighted by molar-refractivity contribution is 6.30. The minimum Gasteiger partial charge on any atom is -0.493 e. The maximum Gasteiger partial charge on any atom is 0.309 e. The van der Waals surface area contributed by atoms with Crippen LogP contribution >= 0.6 is 11.6 Å². The van der Waals surface area contributed by atoms with Crippen molar-refractivity contribution in [1.82, 2.24) is 0 Å². The number of hydrogen-bond acceptors (Lipinski definition) is 5. The zero-order valence-corrected chi connectivity index (χ0v) is 15.3. The zero-order valence-electron chi connectivity index (χ0n) is 14.5. The van der Waals surface area contributed by atoms with Crippen LogP contribution < -0.4 is 15.2 Å². The third-order valence-electron chi connectivity index (χ3n) is 4.09. The van der Waals surface area contributed by atoms with Crippen LogP contribution in [0.2, 0.25) is 5.02 Å². The summed E-state index contributed by atoms with van der Waals surface area (Å²) < 4.78 is 15.7. The smallest absolute Gasteiger partial charge is 0.309 e. The summed E-state index contributed by atoms with van der Waals surface area (Å²) in [7, 11) is 4.53. The molecule has 0 heterocycles.